The van der Waals surface area contributed by atoms with Crippen LogP contribution in [0.5, 0.6) is 0 Å². The maximum atomic E-state index is 12.5. The van der Waals surface area contributed by atoms with Gasteiger partial charge in [0.05, 0.1) is 4.90 Å². The topological polar surface area (TPSA) is 78.5 Å². The van der Waals surface area contributed by atoms with Gasteiger partial charge in [0.15, 0.2) is 0 Å². The molecule has 0 aliphatic carbocycles. The molecule has 8 heteroatoms. The van der Waals surface area contributed by atoms with Gasteiger partial charge >= 0.3 is 0 Å². The number of amides is 1. The summed E-state index contributed by atoms with van der Waals surface area (Å²) in [6.07, 6.45) is 0.719. The standard InChI is InChI=1S/C16H25N3O3S.ClH/c1-4-12(2)18-23(21,22)15-7-5-14(6-8-15)16(20)19-10-9-17-11-13(19)3;/h5-8,12-13,17-18H,4,9-11H2,1-3H3;1H/t12?,13-;/m0./s1. The summed E-state index contributed by atoms with van der Waals surface area (Å²) in [4.78, 5) is 14.5. The minimum Gasteiger partial charge on any atom is -0.333 e. The summed E-state index contributed by atoms with van der Waals surface area (Å²) >= 11 is 0. The Bertz CT molecular complexity index is 649. The average Bonchev–Trinajstić information content (AvgIpc) is 2.54. The van der Waals surface area contributed by atoms with Crippen molar-refractivity contribution in [2.24, 2.45) is 0 Å². The molecule has 0 spiro atoms. The van der Waals surface area contributed by atoms with Crippen LogP contribution >= 0.6 is 12.4 Å². The first-order valence-corrected chi connectivity index (χ1v) is 9.47. The van der Waals surface area contributed by atoms with Crippen LogP contribution in [0.25, 0.3) is 0 Å². The lowest BCUT2D eigenvalue weighted by Gasteiger charge is -2.34. The summed E-state index contributed by atoms with van der Waals surface area (Å²) in [5.74, 6) is -0.0576. The van der Waals surface area contributed by atoms with Gasteiger partial charge in [-0.15, -0.1) is 12.4 Å². The Morgan fingerprint density at radius 1 is 1.38 bits per heavy atom. The van der Waals surface area contributed by atoms with E-state index >= 15 is 0 Å². The summed E-state index contributed by atoms with van der Waals surface area (Å²) in [6, 6.07) is 6.16. The molecular formula is C16H26ClN3O3S. The number of rotatable bonds is 5. The highest BCUT2D eigenvalue weighted by Gasteiger charge is 2.24. The van der Waals surface area contributed by atoms with E-state index in [2.05, 4.69) is 10.0 Å². The van der Waals surface area contributed by atoms with E-state index in [-0.39, 0.29) is 35.3 Å². The summed E-state index contributed by atoms with van der Waals surface area (Å²) in [5.41, 5.74) is 0.515. The average molecular weight is 376 g/mol. The van der Waals surface area contributed by atoms with Crippen molar-refractivity contribution in [2.75, 3.05) is 19.6 Å². The van der Waals surface area contributed by atoms with E-state index in [0.29, 0.717) is 12.1 Å². The van der Waals surface area contributed by atoms with Crippen LogP contribution in [0.2, 0.25) is 0 Å². The van der Waals surface area contributed by atoms with E-state index in [1.54, 1.807) is 12.1 Å². The third-order valence-corrected chi connectivity index (χ3v) is 5.75. The fourth-order valence-electron chi connectivity index (χ4n) is 2.50. The molecule has 0 radical (unpaired) electrons. The van der Waals surface area contributed by atoms with Crippen LogP contribution in [-0.2, 0) is 10.0 Å². The first-order valence-electron chi connectivity index (χ1n) is 7.99. The monoisotopic (exact) mass is 375 g/mol. The Balaban J connectivity index is 0.00000288. The van der Waals surface area contributed by atoms with E-state index in [9.17, 15) is 13.2 Å². The first kappa shape index (κ1) is 20.9. The number of nitrogens with one attached hydrogen (secondary N) is 2. The maximum Gasteiger partial charge on any atom is 0.254 e. The van der Waals surface area contributed by atoms with Crippen LogP contribution in [0.1, 0.15) is 37.6 Å². The van der Waals surface area contributed by atoms with Crippen molar-refractivity contribution in [3.05, 3.63) is 29.8 Å². The Morgan fingerprint density at radius 2 is 2.00 bits per heavy atom. The van der Waals surface area contributed by atoms with E-state index < -0.39 is 10.0 Å². The number of hydrogen-bond acceptors (Lipinski definition) is 4. The van der Waals surface area contributed by atoms with Gasteiger partial charge in [-0.25, -0.2) is 13.1 Å². The highest BCUT2D eigenvalue weighted by atomic mass is 35.5. The molecule has 1 aromatic rings. The van der Waals surface area contributed by atoms with Crippen molar-refractivity contribution < 1.29 is 13.2 Å². The van der Waals surface area contributed by atoms with Crippen molar-refractivity contribution >= 4 is 28.3 Å². The van der Waals surface area contributed by atoms with Gasteiger partial charge in [-0.2, -0.15) is 0 Å². The van der Waals surface area contributed by atoms with Crippen LogP contribution in [0, 0.1) is 0 Å². The molecule has 1 amide bonds. The fraction of sp³-hybridized carbons (Fsp3) is 0.562. The summed E-state index contributed by atoms with van der Waals surface area (Å²) in [7, 11) is -3.53. The molecule has 1 heterocycles. The Hall–Kier alpha value is -1.15. The van der Waals surface area contributed by atoms with E-state index in [4.69, 9.17) is 0 Å². The van der Waals surface area contributed by atoms with Crippen molar-refractivity contribution in [1.29, 1.82) is 0 Å². The molecule has 1 fully saturated rings. The van der Waals surface area contributed by atoms with Crippen LogP contribution < -0.4 is 10.0 Å². The molecule has 0 aromatic heterocycles. The summed E-state index contributed by atoms with van der Waals surface area (Å²) in [6.45, 7) is 7.96. The number of carbonyl (C=O) groups excluding carboxylic acids is 1. The largest absolute Gasteiger partial charge is 0.333 e. The Morgan fingerprint density at radius 3 is 2.54 bits per heavy atom. The number of nitrogens with zero attached hydrogens (tertiary/aromatic N) is 1. The predicted molar refractivity (Wildman–Crippen MR) is 97.1 cm³/mol. The molecule has 1 aliphatic heterocycles. The molecular weight excluding hydrogens is 350 g/mol. The maximum absolute atomic E-state index is 12.5. The molecule has 2 rings (SSSR count). The number of halogens is 1. The highest BCUT2D eigenvalue weighted by Crippen LogP contribution is 2.15. The fourth-order valence-corrected chi connectivity index (χ4v) is 3.83. The second-order valence-electron chi connectivity index (χ2n) is 6.01. The lowest BCUT2D eigenvalue weighted by atomic mass is 10.1. The van der Waals surface area contributed by atoms with Crippen molar-refractivity contribution in [3.8, 4) is 0 Å². The van der Waals surface area contributed by atoms with Crippen molar-refractivity contribution in [2.45, 2.75) is 44.2 Å². The SMILES string of the molecule is CCC(C)NS(=O)(=O)c1ccc(C(=O)N2CCNC[C@@H]2C)cc1.Cl. The van der Waals surface area contributed by atoms with Crippen molar-refractivity contribution in [3.63, 3.8) is 0 Å². The molecule has 136 valence electrons. The van der Waals surface area contributed by atoms with E-state index in [0.717, 1.165) is 19.5 Å². The third-order valence-electron chi connectivity index (χ3n) is 4.14. The predicted octanol–water partition coefficient (Wildman–Crippen LogP) is 1.62. The molecule has 2 N–H and O–H groups in total. The molecule has 1 unspecified atom stereocenters. The molecule has 0 bridgehead atoms. The molecule has 0 saturated carbocycles. The van der Waals surface area contributed by atoms with Crippen LogP contribution in [0.3, 0.4) is 0 Å². The van der Waals surface area contributed by atoms with Gasteiger partial charge in [0, 0.05) is 37.3 Å². The molecule has 24 heavy (non-hydrogen) atoms. The number of hydrogen-bond donors (Lipinski definition) is 2. The zero-order valence-electron chi connectivity index (χ0n) is 14.3. The second kappa shape index (κ2) is 8.80. The van der Waals surface area contributed by atoms with Gasteiger partial charge in [0.25, 0.3) is 5.91 Å². The van der Waals surface area contributed by atoms with Crippen LogP contribution in [0.4, 0.5) is 0 Å². The normalized spacial score (nSPS) is 19.5. The van der Waals surface area contributed by atoms with Gasteiger partial charge < -0.3 is 10.2 Å². The first-order chi connectivity index (χ1) is 10.8. The molecule has 2 atom stereocenters. The zero-order chi connectivity index (χ0) is 17.0. The van der Waals surface area contributed by atoms with Gasteiger partial charge in [-0.1, -0.05) is 6.92 Å². The van der Waals surface area contributed by atoms with E-state index in [1.165, 1.54) is 12.1 Å². The minimum absolute atomic E-state index is 0. The van der Waals surface area contributed by atoms with Crippen molar-refractivity contribution in [1.82, 2.24) is 14.9 Å². The number of carbonyl (C=O) groups is 1. The van der Waals surface area contributed by atoms with Gasteiger partial charge in [0.2, 0.25) is 10.0 Å². The molecule has 1 aliphatic rings. The summed E-state index contributed by atoms with van der Waals surface area (Å²) < 4.78 is 27.1. The molecule has 1 saturated heterocycles. The lowest BCUT2D eigenvalue weighted by Crippen LogP contribution is -2.52. The Kier molecular flexibility index (Phi) is 7.66. The van der Waals surface area contributed by atoms with Crippen LogP contribution in [-0.4, -0.2) is 50.9 Å². The molecule has 1 aromatic carbocycles. The molecule has 6 nitrogen and oxygen atoms in total. The van der Waals surface area contributed by atoms with Gasteiger partial charge in [-0.3, -0.25) is 4.79 Å². The van der Waals surface area contributed by atoms with Gasteiger partial charge in [0.1, 0.15) is 0 Å². The zero-order valence-corrected chi connectivity index (χ0v) is 15.9. The quantitative estimate of drug-likeness (QED) is 0.819. The number of piperazine rings is 1. The second-order valence-corrected chi connectivity index (χ2v) is 7.72. The van der Waals surface area contributed by atoms with Gasteiger partial charge in [-0.05, 0) is 44.5 Å². The highest BCUT2D eigenvalue weighted by molar-refractivity contribution is 7.89. The number of sulfonamides is 1. The third kappa shape index (κ3) is 4.92. The summed E-state index contributed by atoms with van der Waals surface area (Å²) in [5, 5.41) is 3.24. The number of benzene rings is 1. The minimum atomic E-state index is -3.53. The Labute approximate surface area is 150 Å². The smallest absolute Gasteiger partial charge is 0.254 e. The lowest BCUT2D eigenvalue weighted by molar-refractivity contribution is 0.0655. The van der Waals surface area contributed by atoms with Crippen LogP contribution in [0.15, 0.2) is 29.2 Å². The van der Waals surface area contributed by atoms with E-state index in [1.807, 2.05) is 25.7 Å².